The molecule has 1 atom stereocenters. The van der Waals surface area contributed by atoms with Crippen molar-refractivity contribution in [3.05, 3.63) is 59.7 Å². The molecule has 2 aromatic rings. The van der Waals surface area contributed by atoms with Crippen LogP contribution in [0.2, 0.25) is 0 Å². The summed E-state index contributed by atoms with van der Waals surface area (Å²) < 4.78 is 33.8. The number of carbonyl (C=O) groups excluding carboxylic acids is 2. The van der Waals surface area contributed by atoms with E-state index in [0.29, 0.717) is 42.2 Å². The monoisotopic (exact) mass is 441 g/mol. The first kappa shape index (κ1) is 21.0. The fourth-order valence-electron chi connectivity index (χ4n) is 3.78. The van der Waals surface area contributed by atoms with Crippen LogP contribution in [0.1, 0.15) is 42.1 Å². The molecule has 0 saturated carbocycles. The number of nitrogens with zero attached hydrogens (tertiary/aromatic N) is 2. The molecule has 1 N–H and O–H groups in total. The van der Waals surface area contributed by atoms with Gasteiger partial charge < -0.3 is 15.0 Å². The van der Waals surface area contributed by atoms with Gasteiger partial charge in [-0.2, -0.15) is 8.42 Å². The van der Waals surface area contributed by atoms with Crippen LogP contribution in [0.5, 0.6) is 0 Å². The van der Waals surface area contributed by atoms with Gasteiger partial charge in [-0.05, 0) is 55.7 Å². The third-order valence-corrected chi connectivity index (χ3v) is 6.59. The zero-order chi connectivity index (χ0) is 22.0. The number of likely N-dealkylation sites (tertiary alicyclic amines) is 1. The van der Waals surface area contributed by atoms with E-state index in [4.69, 9.17) is 4.74 Å². The topological polar surface area (TPSA) is 105 Å². The summed E-state index contributed by atoms with van der Waals surface area (Å²) in [5.41, 5.74) is 1.48. The summed E-state index contributed by atoms with van der Waals surface area (Å²) in [6, 6.07) is 12.6. The van der Waals surface area contributed by atoms with E-state index in [0.717, 1.165) is 12.8 Å². The van der Waals surface area contributed by atoms with Crippen LogP contribution >= 0.6 is 0 Å². The van der Waals surface area contributed by atoms with E-state index in [1.54, 1.807) is 47.4 Å². The van der Waals surface area contributed by atoms with Crippen molar-refractivity contribution in [2.75, 3.05) is 18.5 Å². The molecule has 2 heterocycles. The molecule has 2 aliphatic heterocycles. The lowest BCUT2D eigenvalue weighted by atomic mass is 10.1. The molecule has 2 aromatic carbocycles. The van der Waals surface area contributed by atoms with E-state index in [-0.39, 0.29) is 10.8 Å². The number of rotatable bonds is 5. The van der Waals surface area contributed by atoms with Crippen molar-refractivity contribution in [3.63, 3.8) is 0 Å². The Morgan fingerprint density at radius 1 is 1.16 bits per heavy atom. The smallest absolute Gasteiger partial charge is 0.338 e. The highest BCUT2D eigenvalue weighted by molar-refractivity contribution is 7.90. The lowest BCUT2D eigenvalue weighted by Gasteiger charge is -2.25. The SMILES string of the molecule is CCCOC(=O)c1ccc(NC(=O)[C@@H]2CCCN2C2=NS(=O)(=O)c3ccccc32)cc1. The van der Waals surface area contributed by atoms with Crippen molar-refractivity contribution >= 4 is 33.4 Å². The number of sulfonamides is 1. The van der Waals surface area contributed by atoms with Crippen LogP contribution in [-0.2, 0) is 19.6 Å². The Bertz CT molecular complexity index is 1140. The van der Waals surface area contributed by atoms with Gasteiger partial charge in [0.15, 0.2) is 5.84 Å². The van der Waals surface area contributed by atoms with Crippen LogP contribution < -0.4 is 5.32 Å². The van der Waals surface area contributed by atoms with Crippen molar-refractivity contribution in [2.24, 2.45) is 4.40 Å². The Hall–Kier alpha value is -3.20. The van der Waals surface area contributed by atoms with Gasteiger partial charge in [0.05, 0.1) is 12.2 Å². The highest BCUT2D eigenvalue weighted by atomic mass is 32.2. The Balaban J connectivity index is 1.49. The van der Waals surface area contributed by atoms with Gasteiger partial charge in [0.1, 0.15) is 10.9 Å². The molecular formula is C22H23N3O5S. The van der Waals surface area contributed by atoms with Crippen LogP contribution in [0, 0.1) is 0 Å². The third-order valence-electron chi connectivity index (χ3n) is 5.27. The molecular weight excluding hydrogens is 418 g/mol. The van der Waals surface area contributed by atoms with Gasteiger partial charge in [0.25, 0.3) is 10.0 Å². The first-order valence-corrected chi connectivity index (χ1v) is 11.6. The fourth-order valence-corrected chi connectivity index (χ4v) is 5.00. The molecule has 31 heavy (non-hydrogen) atoms. The molecule has 0 aliphatic carbocycles. The van der Waals surface area contributed by atoms with Crippen LogP contribution in [0.25, 0.3) is 0 Å². The molecule has 0 unspecified atom stereocenters. The number of esters is 1. The quantitative estimate of drug-likeness (QED) is 0.716. The maximum absolute atomic E-state index is 13.0. The molecule has 1 amide bonds. The number of benzene rings is 2. The van der Waals surface area contributed by atoms with Gasteiger partial charge in [0, 0.05) is 17.8 Å². The first-order chi connectivity index (χ1) is 14.9. The number of hydrogen-bond donors (Lipinski definition) is 1. The fraction of sp³-hybridized carbons (Fsp3) is 0.318. The van der Waals surface area contributed by atoms with E-state index in [1.165, 1.54) is 6.07 Å². The highest BCUT2D eigenvalue weighted by Crippen LogP contribution is 2.31. The van der Waals surface area contributed by atoms with E-state index in [9.17, 15) is 18.0 Å². The first-order valence-electron chi connectivity index (χ1n) is 10.2. The summed E-state index contributed by atoms with van der Waals surface area (Å²) in [7, 11) is -3.75. The van der Waals surface area contributed by atoms with Gasteiger partial charge in [0.2, 0.25) is 5.91 Å². The Labute approximate surface area is 181 Å². The molecule has 2 aliphatic rings. The number of amides is 1. The molecule has 4 rings (SSSR count). The molecule has 1 fully saturated rings. The molecule has 8 nitrogen and oxygen atoms in total. The van der Waals surface area contributed by atoms with E-state index in [2.05, 4.69) is 9.71 Å². The van der Waals surface area contributed by atoms with Crippen molar-refractivity contribution in [1.29, 1.82) is 0 Å². The van der Waals surface area contributed by atoms with Crippen LogP contribution in [-0.4, -0.2) is 50.2 Å². The summed E-state index contributed by atoms with van der Waals surface area (Å²) >= 11 is 0. The zero-order valence-corrected chi connectivity index (χ0v) is 17.9. The van der Waals surface area contributed by atoms with E-state index < -0.39 is 22.0 Å². The van der Waals surface area contributed by atoms with Crippen molar-refractivity contribution in [3.8, 4) is 0 Å². The van der Waals surface area contributed by atoms with Crippen LogP contribution in [0.15, 0.2) is 57.8 Å². The molecule has 0 aromatic heterocycles. The summed E-state index contributed by atoms with van der Waals surface area (Å²) in [4.78, 5) is 26.8. The molecule has 0 radical (unpaired) electrons. The summed E-state index contributed by atoms with van der Waals surface area (Å²) in [5, 5.41) is 2.85. The summed E-state index contributed by atoms with van der Waals surface area (Å²) in [6.07, 6.45) is 2.09. The van der Waals surface area contributed by atoms with E-state index >= 15 is 0 Å². The number of nitrogens with one attached hydrogen (secondary N) is 1. The van der Waals surface area contributed by atoms with Gasteiger partial charge >= 0.3 is 5.97 Å². The zero-order valence-electron chi connectivity index (χ0n) is 17.1. The number of carbonyl (C=O) groups is 2. The van der Waals surface area contributed by atoms with Crippen molar-refractivity contribution in [1.82, 2.24) is 4.90 Å². The van der Waals surface area contributed by atoms with Gasteiger partial charge in [-0.3, -0.25) is 4.79 Å². The maximum Gasteiger partial charge on any atom is 0.338 e. The van der Waals surface area contributed by atoms with E-state index in [1.807, 2.05) is 6.92 Å². The number of ether oxygens (including phenoxy) is 1. The highest BCUT2D eigenvalue weighted by Gasteiger charge is 2.39. The van der Waals surface area contributed by atoms with Gasteiger partial charge in [-0.25, -0.2) is 4.79 Å². The Kier molecular flexibility index (Phi) is 5.77. The lowest BCUT2D eigenvalue weighted by molar-refractivity contribution is -0.119. The normalized spacial score (nSPS) is 18.9. The van der Waals surface area contributed by atoms with Crippen molar-refractivity contribution in [2.45, 2.75) is 37.1 Å². The number of amidine groups is 1. The standard InChI is InChI=1S/C22H23N3O5S/c1-2-14-30-22(27)15-9-11-16(12-10-15)23-21(26)18-7-5-13-25(18)20-17-6-3-4-8-19(17)31(28,29)24-20/h3-4,6,8-12,18H,2,5,7,13-14H2,1H3,(H,23,26)/t18-/m0/s1. The van der Waals surface area contributed by atoms with Crippen LogP contribution in [0.3, 0.4) is 0 Å². The van der Waals surface area contributed by atoms with Crippen molar-refractivity contribution < 1.29 is 22.7 Å². The molecule has 0 bridgehead atoms. The minimum Gasteiger partial charge on any atom is -0.462 e. The summed E-state index contributed by atoms with van der Waals surface area (Å²) in [6.45, 7) is 2.82. The third kappa shape index (κ3) is 4.18. The largest absolute Gasteiger partial charge is 0.462 e. The predicted molar refractivity (Wildman–Crippen MR) is 116 cm³/mol. The Morgan fingerprint density at radius 2 is 1.90 bits per heavy atom. The maximum atomic E-state index is 13.0. The molecule has 0 spiro atoms. The lowest BCUT2D eigenvalue weighted by Crippen LogP contribution is -2.43. The van der Waals surface area contributed by atoms with Gasteiger partial charge in [-0.1, -0.05) is 19.1 Å². The molecule has 1 saturated heterocycles. The number of anilines is 1. The predicted octanol–water partition coefficient (Wildman–Crippen LogP) is 2.81. The minimum atomic E-state index is -3.75. The number of hydrogen-bond acceptors (Lipinski definition) is 6. The van der Waals surface area contributed by atoms with Gasteiger partial charge in [-0.15, -0.1) is 4.40 Å². The number of fused-ring (bicyclic) bond motifs is 1. The molecule has 162 valence electrons. The Morgan fingerprint density at radius 3 is 2.65 bits per heavy atom. The molecule has 9 heteroatoms. The average molecular weight is 442 g/mol. The second-order valence-electron chi connectivity index (χ2n) is 7.44. The second kappa shape index (κ2) is 8.50. The second-order valence-corrected chi connectivity index (χ2v) is 9.01. The minimum absolute atomic E-state index is 0.168. The van der Waals surface area contributed by atoms with Crippen LogP contribution in [0.4, 0.5) is 5.69 Å². The average Bonchev–Trinajstić information content (AvgIpc) is 3.35. The summed E-state index contributed by atoms with van der Waals surface area (Å²) in [5.74, 6) is -0.327.